The molecule has 1 heterocycles. The quantitative estimate of drug-likeness (QED) is 0.508. The van der Waals surface area contributed by atoms with E-state index in [1.54, 1.807) is 31.3 Å². The summed E-state index contributed by atoms with van der Waals surface area (Å²) < 4.78 is 40.6. The number of hydrogen-bond acceptors (Lipinski definition) is 4. The molecule has 1 aromatic heterocycles. The zero-order valence-corrected chi connectivity index (χ0v) is 18.2. The summed E-state index contributed by atoms with van der Waals surface area (Å²) in [6.07, 6.45) is 2.09. The molecule has 156 valence electrons. The first kappa shape index (κ1) is 21.0. The van der Waals surface area contributed by atoms with E-state index in [1.165, 1.54) is 16.2 Å². The van der Waals surface area contributed by atoms with Crippen LogP contribution in [0.4, 0.5) is 13.9 Å². The number of anilines is 1. The van der Waals surface area contributed by atoms with E-state index in [9.17, 15) is 18.1 Å². The van der Waals surface area contributed by atoms with Crippen molar-refractivity contribution in [2.24, 2.45) is 0 Å². The molecule has 1 saturated carbocycles. The lowest BCUT2D eigenvalue weighted by molar-refractivity contribution is -0.117. The maximum absolute atomic E-state index is 13.9. The molecule has 1 aliphatic carbocycles. The number of benzene rings is 2. The van der Waals surface area contributed by atoms with Crippen LogP contribution in [0.2, 0.25) is 0 Å². The van der Waals surface area contributed by atoms with Crippen LogP contribution in [0.25, 0.3) is 11.1 Å². The smallest absolute Gasteiger partial charge is 0.232 e. The molecular formula is C22H20F2N2O2S2. The number of hydrogen-bond donors (Lipinski definition) is 0. The number of thiazole rings is 1. The van der Waals surface area contributed by atoms with Crippen LogP contribution in [0.1, 0.15) is 24.1 Å². The van der Waals surface area contributed by atoms with E-state index in [-0.39, 0.29) is 23.1 Å². The van der Waals surface area contributed by atoms with Crippen molar-refractivity contribution in [3.63, 3.8) is 0 Å². The number of halogens is 2. The van der Waals surface area contributed by atoms with Crippen LogP contribution in [-0.2, 0) is 22.4 Å². The highest BCUT2D eigenvalue weighted by Crippen LogP contribution is 2.39. The van der Waals surface area contributed by atoms with Crippen molar-refractivity contribution in [3.8, 4) is 11.1 Å². The van der Waals surface area contributed by atoms with Crippen molar-refractivity contribution in [2.75, 3.05) is 11.9 Å². The molecule has 4 rings (SSSR count). The highest BCUT2D eigenvalue weighted by atomic mass is 32.2. The second kappa shape index (κ2) is 8.45. The number of aromatic nitrogens is 1. The predicted octanol–water partition coefficient (Wildman–Crippen LogP) is 4.87. The molecule has 0 N–H and O–H groups in total. The van der Waals surface area contributed by atoms with Gasteiger partial charge < -0.3 is 4.55 Å². The van der Waals surface area contributed by atoms with Gasteiger partial charge in [-0.1, -0.05) is 24.3 Å². The summed E-state index contributed by atoms with van der Waals surface area (Å²) in [5.41, 5.74) is 2.18. The van der Waals surface area contributed by atoms with Crippen LogP contribution in [0, 0.1) is 18.6 Å². The molecule has 0 bridgehead atoms. The highest BCUT2D eigenvalue weighted by Gasteiger charge is 2.38. The normalized spacial score (nSPS) is 14.6. The molecular weight excluding hydrogens is 426 g/mol. The van der Waals surface area contributed by atoms with Crippen LogP contribution in [0.3, 0.4) is 0 Å². The van der Waals surface area contributed by atoms with E-state index < -0.39 is 22.8 Å². The number of likely N-dealkylation sites (N-methyl/N-ethyl adjacent to an activating group) is 1. The Kier molecular flexibility index (Phi) is 5.90. The summed E-state index contributed by atoms with van der Waals surface area (Å²) >= 11 is 0.256. The lowest BCUT2D eigenvalue weighted by Crippen LogP contribution is -2.27. The SMILES string of the molecule is Cc1nc(N(C)C(=O)Cc2ccc(-c3cc(F)ccc3F)cc2)sc1[S+]([O-])C1CC1. The van der Waals surface area contributed by atoms with E-state index in [0.717, 1.165) is 40.8 Å². The zero-order chi connectivity index (χ0) is 21.4. The van der Waals surface area contributed by atoms with E-state index in [4.69, 9.17) is 0 Å². The lowest BCUT2D eigenvalue weighted by Gasteiger charge is -2.14. The molecule has 30 heavy (non-hydrogen) atoms. The van der Waals surface area contributed by atoms with Gasteiger partial charge in [0.15, 0.2) is 5.13 Å². The summed E-state index contributed by atoms with van der Waals surface area (Å²) in [6.45, 7) is 1.82. The monoisotopic (exact) mass is 446 g/mol. The van der Waals surface area contributed by atoms with E-state index in [2.05, 4.69) is 4.98 Å². The summed E-state index contributed by atoms with van der Waals surface area (Å²) in [5, 5.41) is 0.749. The molecule has 1 unspecified atom stereocenters. The van der Waals surface area contributed by atoms with Crippen molar-refractivity contribution in [3.05, 3.63) is 65.4 Å². The fourth-order valence-corrected chi connectivity index (χ4v) is 6.00. The van der Waals surface area contributed by atoms with Crippen molar-refractivity contribution in [1.82, 2.24) is 4.98 Å². The van der Waals surface area contributed by atoms with Crippen molar-refractivity contribution in [1.29, 1.82) is 0 Å². The molecule has 1 amide bonds. The van der Waals surface area contributed by atoms with Gasteiger partial charge in [-0.15, -0.1) is 0 Å². The second-order valence-electron chi connectivity index (χ2n) is 7.32. The maximum Gasteiger partial charge on any atom is 0.232 e. The van der Waals surface area contributed by atoms with Gasteiger partial charge in [0, 0.05) is 36.6 Å². The van der Waals surface area contributed by atoms with Crippen molar-refractivity contribution in [2.45, 2.75) is 35.6 Å². The van der Waals surface area contributed by atoms with Crippen LogP contribution < -0.4 is 4.90 Å². The fourth-order valence-electron chi connectivity index (χ4n) is 3.05. The van der Waals surface area contributed by atoms with Gasteiger partial charge >= 0.3 is 0 Å². The van der Waals surface area contributed by atoms with Gasteiger partial charge in [0.2, 0.25) is 10.1 Å². The largest absolute Gasteiger partial charge is 0.611 e. The number of carbonyl (C=O) groups is 1. The molecule has 1 atom stereocenters. The summed E-state index contributed by atoms with van der Waals surface area (Å²) in [4.78, 5) is 18.6. The van der Waals surface area contributed by atoms with Gasteiger partial charge in [-0.3, -0.25) is 9.69 Å². The Morgan fingerprint density at radius 3 is 2.60 bits per heavy atom. The molecule has 8 heteroatoms. The fraction of sp³-hybridized carbons (Fsp3) is 0.273. The molecule has 1 fully saturated rings. The van der Waals surface area contributed by atoms with Crippen LogP contribution in [0.15, 0.2) is 46.7 Å². The van der Waals surface area contributed by atoms with Crippen molar-refractivity contribution < 1.29 is 18.1 Å². The minimum absolute atomic E-state index is 0.141. The minimum Gasteiger partial charge on any atom is -0.611 e. The summed E-state index contributed by atoms with van der Waals surface area (Å²) in [7, 11) is 1.65. The Bertz CT molecular complexity index is 1080. The van der Waals surface area contributed by atoms with E-state index >= 15 is 0 Å². The van der Waals surface area contributed by atoms with Crippen LogP contribution in [0.5, 0.6) is 0 Å². The predicted molar refractivity (Wildman–Crippen MR) is 115 cm³/mol. The standard InChI is InChI=1S/C22H20F2N2O2S2/c1-13-21(30(28)17-8-9-17)29-22(25-13)26(2)20(27)11-14-3-5-15(6-4-14)18-12-16(23)7-10-19(18)24/h3-7,10,12,17H,8-9,11H2,1-2H3. The van der Waals surface area contributed by atoms with Crippen LogP contribution in [-0.4, -0.2) is 27.7 Å². The third-order valence-corrected chi connectivity index (χ3v) is 8.47. The molecule has 0 radical (unpaired) electrons. The van der Waals surface area contributed by atoms with E-state index in [0.29, 0.717) is 16.4 Å². The Balaban J connectivity index is 1.46. The van der Waals surface area contributed by atoms with Crippen molar-refractivity contribution >= 4 is 33.6 Å². The van der Waals surface area contributed by atoms with Gasteiger partial charge in [-0.2, -0.15) is 0 Å². The number of aryl methyl sites for hydroxylation is 1. The maximum atomic E-state index is 13.9. The minimum atomic E-state index is -1.05. The average Bonchev–Trinajstić information content (AvgIpc) is 3.51. The first-order chi connectivity index (χ1) is 14.3. The van der Waals surface area contributed by atoms with Gasteiger partial charge in [0.05, 0.1) is 6.42 Å². The topological polar surface area (TPSA) is 56.3 Å². The number of amides is 1. The number of carbonyl (C=O) groups excluding carboxylic acids is 1. The molecule has 1 aliphatic rings. The third kappa shape index (κ3) is 4.40. The first-order valence-corrected chi connectivity index (χ1v) is 11.6. The molecule has 2 aromatic carbocycles. The summed E-state index contributed by atoms with van der Waals surface area (Å²) in [5.74, 6) is -1.16. The number of rotatable bonds is 6. The Labute approximate surface area is 180 Å². The molecule has 0 aliphatic heterocycles. The van der Waals surface area contributed by atoms with Gasteiger partial charge in [-0.05, 0) is 47.6 Å². The van der Waals surface area contributed by atoms with Crippen LogP contribution >= 0.6 is 11.3 Å². The third-order valence-electron chi connectivity index (χ3n) is 4.96. The second-order valence-corrected chi connectivity index (χ2v) is 10.2. The molecule has 4 nitrogen and oxygen atoms in total. The molecule has 0 spiro atoms. The zero-order valence-electron chi connectivity index (χ0n) is 16.5. The molecule has 3 aromatic rings. The Hall–Kier alpha value is -2.29. The lowest BCUT2D eigenvalue weighted by atomic mass is 10.0. The Morgan fingerprint density at radius 1 is 1.23 bits per heavy atom. The summed E-state index contributed by atoms with van der Waals surface area (Å²) in [6, 6.07) is 10.1. The average molecular weight is 447 g/mol. The molecule has 0 saturated heterocycles. The first-order valence-electron chi connectivity index (χ1n) is 9.52. The van der Waals surface area contributed by atoms with Gasteiger partial charge in [0.25, 0.3) is 0 Å². The van der Waals surface area contributed by atoms with Gasteiger partial charge in [0.1, 0.15) is 22.6 Å². The Morgan fingerprint density at radius 2 is 1.93 bits per heavy atom. The highest BCUT2D eigenvalue weighted by molar-refractivity contribution is 7.94. The number of nitrogens with zero attached hydrogens (tertiary/aromatic N) is 2. The van der Waals surface area contributed by atoms with E-state index in [1.807, 2.05) is 6.92 Å². The van der Waals surface area contributed by atoms with Gasteiger partial charge in [-0.25, -0.2) is 13.8 Å².